The van der Waals surface area contributed by atoms with Gasteiger partial charge in [-0.2, -0.15) is 13.2 Å². The number of alkyl halides is 3. The van der Waals surface area contributed by atoms with E-state index >= 15 is 0 Å². The lowest BCUT2D eigenvalue weighted by Crippen LogP contribution is -2.38. The summed E-state index contributed by atoms with van der Waals surface area (Å²) in [6.45, 7) is 1.21. The zero-order chi connectivity index (χ0) is 28.3. The molecule has 206 valence electrons. The Morgan fingerprint density at radius 1 is 1.10 bits per heavy atom. The standard InChI is InChI=1S/C28H24F3N5O4/c29-28(30,31)22-12-19(23-5-4-18(14-33-23)27(38)36-8-1-9-39-16-36)10-20-11-21(40-26(20)22)15-35-25(37)7-3-17-2-6-24(32)34-13-17/h2-7,10-14H,1,8-9,15-16H2,(H2,32,34)(H,35,37). The van der Waals surface area contributed by atoms with Crippen molar-refractivity contribution in [3.63, 3.8) is 0 Å². The number of carbonyl (C=O) groups is 2. The van der Waals surface area contributed by atoms with Gasteiger partial charge >= 0.3 is 6.18 Å². The summed E-state index contributed by atoms with van der Waals surface area (Å²) in [6.07, 6.45) is 1.67. The number of nitrogen functional groups attached to an aromatic ring is 1. The Morgan fingerprint density at radius 3 is 2.62 bits per heavy atom. The van der Waals surface area contributed by atoms with Gasteiger partial charge in [0.05, 0.1) is 30.0 Å². The largest absolute Gasteiger partial charge is 0.459 e. The summed E-state index contributed by atoms with van der Waals surface area (Å²) in [7, 11) is 0. The van der Waals surface area contributed by atoms with Gasteiger partial charge in [0.25, 0.3) is 5.91 Å². The Bertz CT molecular complexity index is 1560. The number of furan rings is 1. The number of halogens is 3. The molecule has 0 radical (unpaired) electrons. The third kappa shape index (κ3) is 6.12. The third-order valence-corrected chi connectivity index (χ3v) is 6.20. The van der Waals surface area contributed by atoms with Crippen LogP contribution in [0.25, 0.3) is 28.3 Å². The Balaban J connectivity index is 1.35. The van der Waals surface area contributed by atoms with Gasteiger partial charge in [-0.1, -0.05) is 0 Å². The van der Waals surface area contributed by atoms with E-state index in [9.17, 15) is 22.8 Å². The molecule has 1 aromatic carbocycles. The summed E-state index contributed by atoms with van der Waals surface area (Å²) in [4.78, 5) is 34.6. The first-order valence-electron chi connectivity index (χ1n) is 12.3. The topological polar surface area (TPSA) is 124 Å². The third-order valence-electron chi connectivity index (χ3n) is 6.20. The molecule has 5 rings (SSSR count). The number of anilines is 1. The minimum atomic E-state index is -4.70. The van der Waals surface area contributed by atoms with Crippen molar-refractivity contribution in [1.29, 1.82) is 0 Å². The van der Waals surface area contributed by atoms with Crippen molar-refractivity contribution in [3.8, 4) is 11.3 Å². The van der Waals surface area contributed by atoms with Crippen LogP contribution in [0.1, 0.15) is 33.7 Å². The number of ether oxygens (including phenoxy) is 1. The van der Waals surface area contributed by atoms with E-state index in [1.54, 1.807) is 17.0 Å². The molecule has 1 saturated heterocycles. The number of hydrogen-bond donors (Lipinski definition) is 2. The first-order chi connectivity index (χ1) is 19.2. The number of nitrogens with one attached hydrogen (secondary N) is 1. The highest BCUT2D eigenvalue weighted by Crippen LogP contribution is 2.39. The zero-order valence-corrected chi connectivity index (χ0v) is 21.1. The number of benzene rings is 1. The molecule has 4 heterocycles. The van der Waals surface area contributed by atoms with Crippen LogP contribution in [0.2, 0.25) is 0 Å². The predicted molar refractivity (Wildman–Crippen MR) is 140 cm³/mol. The minimum absolute atomic E-state index is 0.125. The molecular formula is C28H24F3N5O4. The highest BCUT2D eigenvalue weighted by molar-refractivity contribution is 5.94. The normalized spacial score (nSPS) is 14.1. The fourth-order valence-corrected chi connectivity index (χ4v) is 4.20. The molecule has 12 heteroatoms. The second kappa shape index (κ2) is 11.2. The second-order valence-electron chi connectivity index (χ2n) is 9.11. The number of aromatic nitrogens is 2. The molecule has 9 nitrogen and oxygen atoms in total. The van der Waals surface area contributed by atoms with Gasteiger partial charge in [-0.15, -0.1) is 0 Å². The maximum atomic E-state index is 14.0. The molecule has 1 fully saturated rings. The van der Waals surface area contributed by atoms with Crippen LogP contribution in [0.5, 0.6) is 0 Å². The molecule has 0 aliphatic carbocycles. The number of pyridine rings is 2. The highest BCUT2D eigenvalue weighted by Gasteiger charge is 2.35. The quantitative estimate of drug-likeness (QED) is 0.335. The van der Waals surface area contributed by atoms with Crippen molar-refractivity contribution in [3.05, 3.63) is 83.4 Å². The molecule has 0 spiro atoms. The molecule has 0 saturated carbocycles. The smallest absolute Gasteiger partial charge is 0.420 e. The fraction of sp³-hybridized carbons (Fsp3) is 0.214. The average molecular weight is 552 g/mol. The van der Waals surface area contributed by atoms with Crippen molar-refractivity contribution in [2.24, 2.45) is 0 Å². The van der Waals surface area contributed by atoms with E-state index < -0.39 is 17.6 Å². The van der Waals surface area contributed by atoms with Crippen molar-refractivity contribution >= 4 is 34.7 Å². The molecule has 3 aromatic heterocycles. The predicted octanol–water partition coefficient (Wildman–Crippen LogP) is 4.64. The second-order valence-corrected chi connectivity index (χ2v) is 9.11. The maximum absolute atomic E-state index is 14.0. The summed E-state index contributed by atoms with van der Waals surface area (Å²) in [6, 6.07) is 10.2. The Hall–Kier alpha value is -4.71. The van der Waals surface area contributed by atoms with Crippen LogP contribution in [-0.4, -0.2) is 46.6 Å². The van der Waals surface area contributed by atoms with E-state index in [1.807, 2.05) is 0 Å². The number of hydrogen-bond acceptors (Lipinski definition) is 7. The molecule has 0 atom stereocenters. The number of fused-ring (bicyclic) bond motifs is 1. The van der Waals surface area contributed by atoms with E-state index in [-0.39, 0.29) is 47.2 Å². The molecule has 4 aromatic rings. The first kappa shape index (κ1) is 26.9. The van der Waals surface area contributed by atoms with Gasteiger partial charge in [-0.25, -0.2) is 4.98 Å². The number of carbonyl (C=O) groups excluding carboxylic acids is 2. The Kier molecular flexibility index (Phi) is 7.52. The lowest BCUT2D eigenvalue weighted by Gasteiger charge is -2.26. The van der Waals surface area contributed by atoms with Crippen molar-refractivity contribution < 1.29 is 31.9 Å². The van der Waals surface area contributed by atoms with Gasteiger partial charge in [0.2, 0.25) is 5.91 Å². The van der Waals surface area contributed by atoms with Gasteiger partial charge in [0, 0.05) is 36.0 Å². The van der Waals surface area contributed by atoms with Crippen LogP contribution < -0.4 is 11.1 Å². The molecule has 40 heavy (non-hydrogen) atoms. The van der Waals surface area contributed by atoms with Crippen LogP contribution >= 0.6 is 0 Å². The summed E-state index contributed by atoms with van der Waals surface area (Å²) >= 11 is 0. The molecule has 2 amide bonds. The highest BCUT2D eigenvalue weighted by atomic mass is 19.4. The van der Waals surface area contributed by atoms with Crippen LogP contribution in [-0.2, 0) is 22.3 Å². The summed E-state index contributed by atoms with van der Waals surface area (Å²) in [5.41, 5.74) is 5.65. The van der Waals surface area contributed by atoms with Gasteiger partial charge < -0.3 is 25.1 Å². The molecule has 3 N–H and O–H groups in total. The summed E-state index contributed by atoms with van der Waals surface area (Å²) < 4.78 is 52.7. The Morgan fingerprint density at radius 2 is 1.95 bits per heavy atom. The summed E-state index contributed by atoms with van der Waals surface area (Å²) in [5, 5.41) is 2.79. The molecule has 1 aliphatic rings. The summed E-state index contributed by atoms with van der Waals surface area (Å²) in [5.74, 6) is -0.235. The van der Waals surface area contributed by atoms with Gasteiger partial charge in [0.15, 0.2) is 0 Å². The van der Waals surface area contributed by atoms with E-state index in [0.29, 0.717) is 30.1 Å². The zero-order valence-electron chi connectivity index (χ0n) is 21.1. The lowest BCUT2D eigenvalue weighted by molar-refractivity contribution is -0.136. The number of amides is 2. The van der Waals surface area contributed by atoms with Crippen LogP contribution in [0.3, 0.4) is 0 Å². The molecule has 0 bridgehead atoms. The van der Waals surface area contributed by atoms with Gasteiger partial charge in [0.1, 0.15) is 23.9 Å². The SMILES string of the molecule is Nc1ccc(C=CC(=O)NCc2cc3cc(-c4ccc(C(=O)N5CCCOC5)cn4)cc(C(F)(F)F)c3o2)cn1. The monoisotopic (exact) mass is 551 g/mol. The van der Waals surface area contributed by atoms with Crippen LogP contribution in [0.4, 0.5) is 19.0 Å². The molecule has 1 aliphatic heterocycles. The molecule has 0 unspecified atom stereocenters. The first-order valence-corrected chi connectivity index (χ1v) is 12.3. The lowest BCUT2D eigenvalue weighted by atomic mass is 10.0. The van der Waals surface area contributed by atoms with Crippen molar-refractivity contribution in [2.45, 2.75) is 19.1 Å². The number of nitrogens with zero attached hydrogens (tertiary/aromatic N) is 3. The van der Waals surface area contributed by atoms with Crippen LogP contribution in [0, 0.1) is 0 Å². The number of rotatable bonds is 6. The maximum Gasteiger partial charge on any atom is 0.420 e. The van der Waals surface area contributed by atoms with Crippen molar-refractivity contribution in [1.82, 2.24) is 20.2 Å². The van der Waals surface area contributed by atoms with E-state index in [2.05, 4.69) is 15.3 Å². The van der Waals surface area contributed by atoms with Gasteiger partial charge in [-0.3, -0.25) is 14.6 Å². The van der Waals surface area contributed by atoms with E-state index in [1.165, 1.54) is 48.8 Å². The van der Waals surface area contributed by atoms with Crippen LogP contribution in [0.15, 0.2) is 65.4 Å². The fourth-order valence-electron chi connectivity index (χ4n) is 4.20. The van der Waals surface area contributed by atoms with E-state index in [0.717, 1.165) is 12.5 Å². The minimum Gasteiger partial charge on any atom is -0.459 e. The number of nitrogens with two attached hydrogens (primary N) is 1. The van der Waals surface area contributed by atoms with Crippen molar-refractivity contribution in [2.75, 3.05) is 25.6 Å². The van der Waals surface area contributed by atoms with Gasteiger partial charge in [-0.05, 0) is 60.5 Å². The van der Waals surface area contributed by atoms with E-state index in [4.69, 9.17) is 14.9 Å². The average Bonchev–Trinajstić information content (AvgIpc) is 3.38. The Labute approximate surface area is 226 Å². The molecular weight excluding hydrogens is 527 g/mol.